The maximum absolute atomic E-state index is 14.0. The molecule has 7 nitrogen and oxygen atoms in total. The van der Waals surface area contributed by atoms with Crippen LogP contribution in [0.3, 0.4) is 0 Å². The van der Waals surface area contributed by atoms with Crippen LogP contribution in [0.4, 0.5) is 10.3 Å². The quantitative estimate of drug-likeness (QED) is 0.829. The van der Waals surface area contributed by atoms with Gasteiger partial charge in [0.1, 0.15) is 5.54 Å². The van der Waals surface area contributed by atoms with E-state index >= 15 is 0 Å². The molecule has 4 heterocycles. The van der Waals surface area contributed by atoms with E-state index in [9.17, 15) is 4.39 Å². The minimum atomic E-state index is -0.535. The Hall–Kier alpha value is -2.13. The van der Waals surface area contributed by atoms with Gasteiger partial charge in [0.05, 0.1) is 19.3 Å². The van der Waals surface area contributed by atoms with Crippen molar-refractivity contribution < 1.29 is 9.13 Å². The molecule has 2 aromatic rings. The highest BCUT2D eigenvalue weighted by molar-refractivity contribution is 8.13. The van der Waals surface area contributed by atoms with E-state index in [0.29, 0.717) is 24.2 Å². The van der Waals surface area contributed by atoms with Gasteiger partial charge in [0, 0.05) is 36.2 Å². The Morgan fingerprint density at radius 1 is 1.41 bits per heavy atom. The number of methoxy groups -OCH3 is 1. The average molecular weight is 411 g/mol. The van der Waals surface area contributed by atoms with Gasteiger partial charge in [-0.25, -0.2) is 9.98 Å². The number of aryl methyl sites for hydroxylation is 1. The molecule has 1 fully saturated rings. The molecular formula is C17H20ClFN6OS. The fourth-order valence-corrected chi connectivity index (χ4v) is 4.57. The Labute approximate surface area is 167 Å². The molecule has 1 saturated heterocycles. The van der Waals surface area contributed by atoms with Crippen LogP contribution in [0, 0.1) is 18.7 Å². The Morgan fingerprint density at radius 2 is 2.22 bits per heavy atom. The van der Waals surface area contributed by atoms with Crippen LogP contribution in [-0.2, 0) is 5.54 Å². The van der Waals surface area contributed by atoms with E-state index in [1.165, 1.54) is 7.11 Å². The number of ether oxygens (including phenoxy) is 1. The molecule has 0 saturated carbocycles. The molecule has 2 N–H and O–H groups in total. The Kier molecular flexibility index (Phi) is 5.43. The number of pyridine rings is 1. The fraction of sp³-hybridized carbons (Fsp3) is 0.412. The van der Waals surface area contributed by atoms with Crippen LogP contribution in [0.15, 0.2) is 29.5 Å². The first-order valence-corrected chi connectivity index (χ1v) is 9.24. The van der Waals surface area contributed by atoms with Crippen LogP contribution in [0.25, 0.3) is 0 Å². The number of hydrogen-bond donors (Lipinski definition) is 1. The number of rotatable bonds is 3. The summed E-state index contributed by atoms with van der Waals surface area (Å²) in [7, 11) is 1.40. The Morgan fingerprint density at radius 3 is 2.93 bits per heavy atom. The van der Waals surface area contributed by atoms with Gasteiger partial charge < -0.3 is 15.4 Å². The number of hydrogen-bond acceptors (Lipinski definition) is 8. The molecule has 2 aliphatic heterocycles. The predicted molar refractivity (Wildman–Crippen MR) is 106 cm³/mol. The Balaban J connectivity index is 0.00000210. The first-order valence-electron chi connectivity index (χ1n) is 8.25. The molecule has 0 amide bonds. The fourth-order valence-electron chi connectivity index (χ4n) is 3.59. The van der Waals surface area contributed by atoms with Crippen LogP contribution in [-0.4, -0.2) is 46.1 Å². The highest BCUT2D eigenvalue weighted by Gasteiger charge is 2.51. The van der Waals surface area contributed by atoms with E-state index in [2.05, 4.69) is 15.0 Å². The van der Waals surface area contributed by atoms with Crippen LogP contribution in [0.2, 0.25) is 0 Å². The second kappa shape index (κ2) is 7.47. The highest BCUT2D eigenvalue weighted by Crippen LogP contribution is 2.46. The normalized spacial score (nSPS) is 24.0. The second-order valence-electron chi connectivity index (χ2n) is 6.44. The van der Waals surface area contributed by atoms with E-state index in [4.69, 9.17) is 15.5 Å². The third-order valence-corrected chi connectivity index (χ3v) is 5.86. The van der Waals surface area contributed by atoms with Crippen LogP contribution >= 0.6 is 24.2 Å². The summed E-state index contributed by atoms with van der Waals surface area (Å²) in [6.45, 7) is 2.86. The lowest BCUT2D eigenvalue weighted by Gasteiger charge is -2.34. The number of amidine groups is 1. The summed E-state index contributed by atoms with van der Waals surface area (Å²) in [4.78, 5) is 19.7. The van der Waals surface area contributed by atoms with Gasteiger partial charge in [-0.1, -0.05) is 17.8 Å². The molecule has 0 spiro atoms. The van der Waals surface area contributed by atoms with Crippen molar-refractivity contribution in [1.29, 1.82) is 0 Å². The lowest BCUT2D eigenvalue weighted by Crippen LogP contribution is -2.40. The van der Waals surface area contributed by atoms with E-state index in [1.54, 1.807) is 24.9 Å². The topological polar surface area (TPSA) is 89.5 Å². The average Bonchev–Trinajstić information content (AvgIpc) is 3.04. The van der Waals surface area contributed by atoms with E-state index in [-0.39, 0.29) is 29.9 Å². The highest BCUT2D eigenvalue weighted by atomic mass is 35.5. The number of aromatic nitrogens is 3. The number of nitrogens with two attached hydrogens (primary N) is 1. The zero-order chi connectivity index (χ0) is 18.3. The molecule has 0 aromatic carbocycles. The lowest BCUT2D eigenvalue weighted by molar-refractivity contribution is 0.365. The summed E-state index contributed by atoms with van der Waals surface area (Å²) in [5, 5.41) is 0.570. The standard InChI is InChI=1S/C17H19FN6OS.ClH/c1-10-13(18)14(25-2)22-16(21-10)24-7-12-8-26-15(19)23-17(12,9-24)11-4-3-5-20-6-11;/h3-6,12H,7-9H2,1-2H3,(H2,19,23);1H/t12-,17?;/m0./s1. The third kappa shape index (κ3) is 3.29. The summed E-state index contributed by atoms with van der Waals surface area (Å²) in [5.41, 5.74) is 6.84. The van der Waals surface area contributed by atoms with Gasteiger partial charge in [0.2, 0.25) is 11.8 Å². The number of halogens is 2. The zero-order valence-electron chi connectivity index (χ0n) is 14.9. The van der Waals surface area contributed by atoms with Crippen molar-refractivity contribution in [3.05, 3.63) is 41.6 Å². The maximum atomic E-state index is 14.0. The first kappa shape index (κ1) is 19.6. The minimum absolute atomic E-state index is 0. The van der Waals surface area contributed by atoms with Gasteiger partial charge in [-0.05, 0) is 13.0 Å². The summed E-state index contributed by atoms with van der Waals surface area (Å²) in [6, 6.07) is 3.92. The van der Waals surface area contributed by atoms with Gasteiger partial charge in [-0.3, -0.25) is 4.98 Å². The molecule has 27 heavy (non-hydrogen) atoms. The summed E-state index contributed by atoms with van der Waals surface area (Å²) in [5.74, 6) is 0.932. The molecule has 0 bridgehead atoms. The van der Waals surface area contributed by atoms with Gasteiger partial charge in [0.25, 0.3) is 5.88 Å². The SMILES string of the molecule is COc1nc(N2C[C@H]3CSC(N)=NC3(c3cccnc3)C2)nc(C)c1F.Cl. The molecule has 0 radical (unpaired) electrons. The number of fused-ring (bicyclic) bond motifs is 1. The van der Waals surface area contributed by atoms with Gasteiger partial charge in [0.15, 0.2) is 5.17 Å². The number of aliphatic imine (C=N–C) groups is 1. The van der Waals surface area contributed by atoms with Crippen LogP contribution in [0.1, 0.15) is 11.3 Å². The van der Waals surface area contributed by atoms with Gasteiger partial charge in [-0.2, -0.15) is 9.37 Å². The van der Waals surface area contributed by atoms with E-state index in [0.717, 1.165) is 11.3 Å². The molecule has 1 unspecified atom stereocenters. The van der Waals surface area contributed by atoms with Crippen molar-refractivity contribution in [3.63, 3.8) is 0 Å². The molecule has 2 atom stereocenters. The molecular weight excluding hydrogens is 391 g/mol. The van der Waals surface area contributed by atoms with Crippen molar-refractivity contribution in [3.8, 4) is 5.88 Å². The minimum Gasteiger partial charge on any atom is -0.479 e. The molecule has 144 valence electrons. The predicted octanol–water partition coefficient (Wildman–Crippen LogP) is 2.14. The summed E-state index contributed by atoms with van der Waals surface area (Å²) in [6.07, 6.45) is 3.57. The number of nitrogens with zero attached hydrogens (tertiary/aromatic N) is 5. The maximum Gasteiger partial charge on any atom is 0.255 e. The van der Waals surface area contributed by atoms with Gasteiger partial charge in [-0.15, -0.1) is 12.4 Å². The van der Waals surface area contributed by atoms with Crippen molar-refractivity contribution in [2.24, 2.45) is 16.6 Å². The van der Waals surface area contributed by atoms with E-state index in [1.807, 2.05) is 23.2 Å². The lowest BCUT2D eigenvalue weighted by atomic mass is 9.83. The smallest absolute Gasteiger partial charge is 0.255 e. The zero-order valence-corrected chi connectivity index (χ0v) is 16.6. The molecule has 4 rings (SSSR count). The van der Waals surface area contributed by atoms with Crippen molar-refractivity contribution >= 4 is 35.3 Å². The van der Waals surface area contributed by atoms with Crippen LogP contribution < -0.4 is 15.4 Å². The molecule has 0 aliphatic carbocycles. The Bertz CT molecular complexity index is 870. The van der Waals surface area contributed by atoms with Crippen molar-refractivity contribution in [2.75, 3.05) is 30.9 Å². The summed E-state index contributed by atoms with van der Waals surface area (Å²) < 4.78 is 19.1. The van der Waals surface area contributed by atoms with E-state index < -0.39 is 11.4 Å². The first-order chi connectivity index (χ1) is 12.5. The molecule has 10 heteroatoms. The number of thioether (sulfide) groups is 1. The van der Waals surface area contributed by atoms with Gasteiger partial charge >= 0.3 is 0 Å². The largest absolute Gasteiger partial charge is 0.479 e. The van der Waals surface area contributed by atoms with Crippen LogP contribution in [0.5, 0.6) is 5.88 Å². The molecule has 2 aromatic heterocycles. The third-order valence-electron chi connectivity index (χ3n) is 4.90. The monoisotopic (exact) mass is 410 g/mol. The van der Waals surface area contributed by atoms with Crippen molar-refractivity contribution in [1.82, 2.24) is 15.0 Å². The summed E-state index contributed by atoms with van der Waals surface area (Å²) >= 11 is 1.55. The van der Waals surface area contributed by atoms with Crippen molar-refractivity contribution in [2.45, 2.75) is 12.5 Å². The molecule has 2 aliphatic rings. The number of anilines is 1. The second-order valence-corrected chi connectivity index (χ2v) is 7.48.